The molecule has 0 amide bonds. The molecule has 0 N–H and O–H groups in total. The number of aromatic nitrogens is 3. The van der Waals surface area contributed by atoms with E-state index in [-0.39, 0.29) is 5.25 Å². The van der Waals surface area contributed by atoms with E-state index >= 15 is 0 Å². The third-order valence-corrected chi connectivity index (χ3v) is 5.79. The summed E-state index contributed by atoms with van der Waals surface area (Å²) in [5.41, 5.74) is 0.761. The van der Waals surface area contributed by atoms with Crippen molar-refractivity contribution in [3.63, 3.8) is 0 Å². The van der Waals surface area contributed by atoms with Crippen LogP contribution in [0.4, 0.5) is 0 Å². The van der Waals surface area contributed by atoms with Gasteiger partial charge in [-0.1, -0.05) is 47.5 Å². The molecule has 1 aliphatic rings. The van der Waals surface area contributed by atoms with E-state index in [1.54, 1.807) is 18.2 Å². The number of nitrogens with zero attached hydrogens (tertiary/aromatic N) is 3. The van der Waals surface area contributed by atoms with Crippen LogP contribution in [0.3, 0.4) is 0 Å². The van der Waals surface area contributed by atoms with E-state index in [4.69, 9.17) is 23.2 Å². The Morgan fingerprint density at radius 3 is 2.88 bits per heavy atom. The van der Waals surface area contributed by atoms with Crippen molar-refractivity contribution in [2.45, 2.75) is 42.6 Å². The van der Waals surface area contributed by atoms with Gasteiger partial charge in [0.1, 0.15) is 5.78 Å². The summed E-state index contributed by atoms with van der Waals surface area (Å²) in [7, 11) is 0. The van der Waals surface area contributed by atoms with Gasteiger partial charge in [0, 0.05) is 23.6 Å². The van der Waals surface area contributed by atoms with Crippen LogP contribution in [0.25, 0.3) is 11.4 Å². The Morgan fingerprint density at radius 1 is 1.33 bits per heavy atom. The van der Waals surface area contributed by atoms with E-state index in [1.807, 2.05) is 10.6 Å². The van der Waals surface area contributed by atoms with Crippen LogP contribution in [-0.4, -0.2) is 25.8 Å². The predicted octanol–water partition coefficient (Wildman–Crippen LogP) is 5.04. The van der Waals surface area contributed by atoms with E-state index in [1.165, 1.54) is 11.8 Å². The zero-order valence-corrected chi connectivity index (χ0v) is 15.4. The maximum absolute atomic E-state index is 12.1. The lowest BCUT2D eigenvalue weighted by Crippen LogP contribution is -2.21. The van der Waals surface area contributed by atoms with Crippen molar-refractivity contribution in [1.82, 2.24) is 14.8 Å². The Balaban J connectivity index is 1.95. The van der Waals surface area contributed by atoms with Crippen molar-refractivity contribution >= 4 is 40.7 Å². The summed E-state index contributed by atoms with van der Waals surface area (Å²) in [5, 5.41) is 10.3. The zero-order valence-electron chi connectivity index (χ0n) is 13.0. The van der Waals surface area contributed by atoms with Crippen LogP contribution in [0.15, 0.2) is 36.0 Å². The lowest BCUT2D eigenvalue weighted by Gasteiger charge is -2.19. The van der Waals surface area contributed by atoms with Gasteiger partial charge in [-0.2, -0.15) is 0 Å². The van der Waals surface area contributed by atoms with Crippen LogP contribution < -0.4 is 0 Å². The van der Waals surface area contributed by atoms with Gasteiger partial charge in [0.2, 0.25) is 0 Å². The van der Waals surface area contributed by atoms with Gasteiger partial charge < -0.3 is 0 Å². The minimum Gasteiger partial charge on any atom is -0.298 e. The summed E-state index contributed by atoms with van der Waals surface area (Å²) in [4.78, 5) is 12.1. The number of Topliss-reactive ketones (excluding diaryl/α,β-unsaturated/α-hetero) is 1. The van der Waals surface area contributed by atoms with Gasteiger partial charge in [-0.25, -0.2) is 0 Å². The highest BCUT2D eigenvalue weighted by molar-refractivity contribution is 8.00. The molecule has 126 valence electrons. The van der Waals surface area contributed by atoms with E-state index in [2.05, 4.69) is 16.8 Å². The lowest BCUT2D eigenvalue weighted by molar-refractivity contribution is -0.119. The molecular weight excluding hydrogens is 365 g/mol. The quantitative estimate of drug-likeness (QED) is 0.680. The number of carbonyl (C=O) groups is 1. The molecule has 3 rings (SSSR count). The molecule has 1 fully saturated rings. The lowest BCUT2D eigenvalue weighted by atomic mass is 9.99. The first kappa shape index (κ1) is 17.5. The minimum atomic E-state index is -0.0416. The van der Waals surface area contributed by atoms with Crippen molar-refractivity contribution in [2.24, 2.45) is 0 Å². The van der Waals surface area contributed by atoms with Crippen LogP contribution in [0.1, 0.15) is 25.7 Å². The molecule has 1 heterocycles. The standard InChI is InChI=1S/C17H17Cl2N3OS/c1-2-9-22-16(12-8-7-11(18)10-13(12)19)20-21-17(22)24-15-6-4-3-5-14(15)23/h2,7-8,10,15H,1,3-6,9H2. The first-order valence-corrected chi connectivity index (χ1v) is 9.42. The average Bonchev–Trinajstić information content (AvgIpc) is 2.93. The molecule has 4 nitrogen and oxygen atoms in total. The molecule has 0 spiro atoms. The topological polar surface area (TPSA) is 47.8 Å². The smallest absolute Gasteiger partial charge is 0.192 e. The van der Waals surface area contributed by atoms with Gasteiger partial charge in [0.15, 0.2) is 11.0 Å². The number of hydrogen-bond donors (Lipinski definition) is 0. The maximum Gasteiger partial charge on any atom is 0.192 e. The Hall–Kier alpha value is -1.30. The Kier molecular flexibility index (Phi) is 5.64. The van der Waals surface area contributed by atoms with Crippen molar-refractivity contribution in [2.75, 3.05) is 0 Å². The SMILES string of the molecule is C=CCn1c(SC2CCCCC2=O)nnc1-c1ccc(Cl)cc1Cl. The number of ketones is 1. The van der Waals surface area contributed by atoms with Crippen LogP contribution in [0.5, 0.6) is 0 Å². The predicted molar refractivity (Wildman–Crippen MR) is 98.8 cm³/mol. The molecule has 0 radical (unpaired) electrons. The van der Waals surface area contributed by atoms with Gasteiger partial charge in [0.05, 0.1) is 10.3 Å². The molecule has 1 saturated carbocycles. The van der Waals surface area contributed by atoms with Crippen LogP contribution in [0.2, 0.25) is 10.0 Å². The second-order valence-corrected chi connectivity index (χ2v) is 7.66. The largest absolute Gasteiger partial charge is 0.298 e. The summed E-state index contributed by atoms with van der Waals surface area (Å²) < 4.78 is 1.94. The molecule has 24 heavy (non-hydrogen) atoms. The second-order valence-electron chi connectivity index (χ2n) is 5.65. The van der Waals surface area contributed by atoms with Crippen molar-refractivity contribution < 1.29 is 4.79 Å². The van der Waals surface area contributed by atoms with Crippen LogP contribution in [-0.2, 0) is 11.3 Å². The van der Waals surface area contributed by atoms with Gasteiger partial charge in [-0.05, 0) is 31.0 Å². The van der Waals surface area contributed by atoms with E-state index in [9.17, 15) is 4.79 Å². The zero-order chi connectivity index (χ0) is 17.1. The summed E-state index contributed by atoms with van der Waals surface area (Å²) in [6, 6.07) is 5.28. The molecule has 1 atom stereocenters. The van der Waals surface area contributed by atoms with E-state index < -0.39 is 0 Å². The summed E-state index contributed by atoms with van der Waals surface area (Å²) >= 11 is 13.8. The first-order chi connectivity index (χ1) is 11.6. The number of rotatable bonds is 5. The summed E-state index contributed by atoms with van der Waals surface area (Å²) in [5.74, 6) is 0.952. The number of thioether (sulfide) groups is 1. The first-order valence-electron chi connectivity index (χ1n) is 7.79. The number of carbonyl (C=O) groups excluding carboxylic acids is 1. The molecular formula is C17H17Cl2N3OS. The highest BCUT2D eigenvalue weighted by atomic mass is 35.5. The Morgan fingerprint density at radius 2 is 2.17 bits per heavy atom. The third-order valence-electron chi connectivity index (χ3n) is 3.95. The highest BCUT2D eigenvalue weighted by Crippen LogP contribution is 2.35. The second kappa shape index (κ2) is 7.72. The Bertz CT molecular complexity index is 775. The fraction of sp³-hybridized carbons (Fsp3) is 0.353. The van der Waals surface area contributed by atoms with Crippen molar-refractivity contribution in [1.29, 1.82) is 0 Å². The van der Waals surface area contributed by atoms with Crippen molar-refractivity contribution in [3.8, 4) is 11.4 Å². The monoisotopic (exact) mass is 381 g/mol. The molecule has 7 heteroatoms. The van der Waals surface area contributed by atoms with Gasteiger partial charge in [0.25, 0.3) is 0 Å². The minimum absolute atomic E-state index is 0.0416. The van der Waals surface area contributed by atoms with Crippen LogP contribution >= 0.6 is 35.0 Å². The molecule has 0 aliphatic heterocycles. The third kappa shape index (κ3) is 3.68. The molecule has 1 unspecified atom stereocenters. The maximum atomic E-state index is 12.1. The van der Waals surface area contributed by atoms with E-state index in [0.29, 0.717) is 34.6 Å². The normalized spacial score (nSPS) is 17.9. The molecule has 2 aromatic rings. The van der Waals surface area contributed by atoms with Gasteiger partial charge in [-0.15, -0.1) is 16.8 Å². The number of benzene rings is 1. The summed E-state index contributed by atoms with van der Waals surface area (Å²) in [6.07, 6.45) is 5.39. The number of hydrogen-bond acceptors (Lipinski definition) is 4. The number of halogens is 2. The average molecular weight is 382 g/mol. The highest BCUT2D eigenvalue weighted by Gasteiger charge is 2.26. The van der Waals surface area contributed by atoms with Crippen LogP contribution in [0, 0.1) is 0 Å². The molecule has 1 aromatic heterocycles. The molecule has 0 saturated heterocycles. The summed E-state index contributed by atoms with van der Waals surface area (Å²) in [6.45, 7) is 4.35. The molecule has 1 aliphatic carbocycles. The van der Waals surface area contributed by atoms with E-state index in [0.717, 1.165) is 30.0 Å². The van der Waals surface area contributed by atoms with Gasteiger partial charge in [-0.3, -0.25) is 9.36 Å². The fourth-order valence-electron chi connectivity index (χ4n) is 2.74. The Labute approximate surface area is 155 Å². The van der Waals surface area contributed by atoms with Crippen molar-refractivity contribution in [3.05, 3.63) is 40.9 Å². The number of allylic oxidation sites excluding steroid dienone is 1. The molecule has 0 bridgehead atoms. The van der Waals surface area contributed by atoms with Gasteiger partial charge >= 0.3 is 0 Å². The molecule has 1 aromatic carbocycles. The fourth-order valence-corrected chi connectivity index (χ4v) is 4.40.